The molecule has 0 atom stereocenters. The van der Waals surface area contributed by atoms with E-state index >= 15 is 0 Å². The van der Waals surface area contributed by atoms with Crippen molar-refractivity contribution in [3.05, 3.63) is 0 Å². The topological polar surface area (TPSA) is 66.4 Å². The molecule has 4 nitrogen and oxygen atoms in total. The van der Waals surface area contributed by atoms with Gasteiger partial charge in [0, 0.05) is 6.54 Å². The van der Waals surface area contributed by atoms with Crippen LogP contribution in [0, 0.1) is 5.41 Å². The summed E-state index contributed by atoms with van der Waals surface area (Å²) in [6.07, 6.45) is -2.20. The Morgan fingerprint density at radius 1 is 1.16 bits per heavy atom. The molecule has 0 spiro atoms. The lowest BCUT2D eigenvalue weighted by Crippen LogP contribution is -2.41. The highest BCUT2D eigenvalue weighted by molar-refractivity contribution is 5.76. The van der Waals surface area contributed by atoms with Crippen molar-refractivity contribution < 1.29 is 27.9 Å². The number of nitrogens with one attached hydrogen (secondary N) is 1. The molecule has 1 amide bonds. The summed E-state index contributed by atoms with van der Waals surface area (Å²) in [5, 5.41) is 11.1. The van der Waals surface area contributed by atoms with Gasteiger partial charge >= 0.3 is 12.1 Å². The fourth-order valence-corrected chi connectivity index (χ4v) is 2.57. The van der Waals surface area contributed by atoms with E-state index in [1.807, 2.05) is 0 Å². The maximum atomic E-state index is 12.0. The molecule has 0 aromatic heterocycles. The van der Waals surface area contributed by atoms with Crippen molar-refractivity contribution in [3.63, 3.8) is 0 Å². The van der Waals surface area contributed by atoms with Gasteiger partial charge in [-0.05, 0) is 18.3 Å². The van der Waals surface area contributed by atoms with E-state index in [9.17, 15) is 22.8 Å². The van der Waals surface area contributed by atoms with Crippen molar-refractivity contribution >= 4 is 11.9 Å². The van der Waals surface area contributed by atoms with E-state index < -0.39 is 29.9 Å². The monoisotopic (exact) mass is 281 g/mol. The zero-order chi connectivity index (χ0) is 14.5. The molecular formula is C12H18F3NO3. The third-order valence-corrected chi connectivity index (χ3v) is 3.46. The van der Waals surface area contributed by atoms with Gasteiger partial charge in [0.15, 0.2) is 0 Å². The summed E-state index contributed by atoms with van der Waals surface area (Å²) in [5.74, 6) is -2.07. The number of carbonyl (C=O) groups excluding carboxylic acids is 1. The van der Waals surface area contributed by atoms with E-state index in [0.717, 1.165) is 19.3 Å². The van der Waals surface area contributed by atoms with Gasteiger partial charge in [-0.2, -0.15) is 13.2 Å². The Balaban J connectivity index is 2.53. The lowest BCUT2D eigenvalue weighted by atomic mass is 9.71. The van der Waals surface area contributed by atoms with E-state index in [-0.39, 0.29) is 13.0 Å². The Labute approximate surface area is 109 Å². The Morgan fingerprint density at radius 2 is 1.74 bits per heavy atom. The van der Waals surface area contributed by atoms with Crippen molar-refractivity contribution in [1.29, 1.82) is 0 Å². The zero-order valence-corrected chi connectivity index (χ0v) is 10.6. The quantitative estimate of drug-likeness (QED) is 0.813. The second-order valence-electron chi connectivity index (χ2n) is 5.20. The van der Waals surface area contributed by atoms with Crippen molar-refractivity contribution in [2.24, 2.45) is 5.41 Å². The van der Waals surface area contributed by atoms with Gasteiger partial charge in [-0.25, -0.2) is 0 Å². The number of aliphatic carboxylic acids is 1. The minimum absolute atomic E-state index is 0.00815. The summed E-state index contributed by atoms with van der Waals surface area (Å²) in [6.45, 7) is 0.00815. The van der Waals surface area contributed by atoms with Gasteiger partial charge in [-0.3, -0.25) is 9.59 Å². The predicted octanol–water partition coefficient (Wildman–Crippen LogP) is 2.48. The number of carboxylic acid groups (broad SMARTS) is 1. The molecule has 1 fully saturated rings. The fraction of sp³-hybridized carbons (Fsp3) is 0.833. The predicted molar refractivity (Wildman–Crippen MR) is 61.5 cm³/mol. The average molecular weight is 281 g/mol. The summed E-state index contributed by atoms with van der Waals surface area (Å²) in [7, 11) is 0. The number of hydrogen-bond donors (Lipinski definition) is 2. The molecule has 0 heterocycles. The highest BCUT2D eigenvalue weighted by Gasteiger charge is 2.36. The van der Waals surface area contributed by atoms with Crippen molar-refractivity contribution in [2.45, 2.75) is 51.1 Å². The molecule has 7 heteroatoms. The van der Waals surface area contributed by atoms with Crippen LogP contribution < -0.4 is 5.32 Å². The van der Waals surface area contributed by atoms with E-state index in [2.05, 4.69) is 5.32 Å². The molecule has 1 saturated carbocycles. The van der Waals surface area contributed by atoms with E-state index in [0.29, 0.717) is 12.8 Å². The minimum Gasteiger partial charge on any atom is -0.481 e. The molecule has 0 unspecified atom stereocenters. The summed E-state index contributed by atoms with van der Waals surface area (Å²) in [5.41, 5.74) is -0.592. The largest absolute Gasteiger partial charge is 0.481 e. The minimum atomic E-state index is -4.53. The molecule has 2 N–H and O–H groups in total. The van der Waals surface area contributed by atoms with Crippen LogP contribution in [0.25, 0.3) is 0 Å². The summed E-state index contributed by atoms with van der Waals surface area (Å²) in [4.78, 5) is 22.0. The average Bonchev–Trinajstić information content (AvgIpc) is 2.24. The second-order valence-corrected chi connectivity index (χ2v) is 5.20. The number of carboxylic acids is 1. The summed E-state index contributed by atoms with van der Waals surface area (Å²) < 4.78 is 36.1. The Kier molecular flexibility index (Phi) is 5.20. The molecule has 19 heavy (non-hydrogen) atoms. The molecule has 1 aliphatic carbocycles. The van der Waals surface area contributed by atoms with Gasteiger partial charge < -0.3 is 10.4 Å². The number of halogens is 3. The third-order valence-electron chi connectivity index (χ3n) is 3.46. The van der Waals surface area contributed by atoms with Gasteiger partial charge in [0.25, 0.3) is 0 Å². The smallest absolute Gasteiger partial charge is 0.397 e. The first-order valence-electron chi connectivity index (χ1n) is 6.28. The molecule has 0 radical (unpaired) electrons. The molecule has 0 saturated heterocycles. The molecule has 0 aromatic carbocycles. The normalized spacial score (nSPS) is 18.9. The molecule has 1 aliphatic rings. The maximum Gasteiger partial charge on any atom is 0.397 e. The van der Waals surface area contributed by atoms with Crippen LogP contribution in [-0.4, -0.2) is 29.7 Å². The van der Waals surface area contributed by atoms with Crippen molar-refractivity contribution in [1.82, 2.24) is 5.32 Å². The van der Waals surface area contributed by atoms with Crippen LogP contribution in [0.5, 0.6) is 0 Å². The third kappa shape index (κ3) is 5.94. The van der Waals surface area contributed by atoms with E-state index in [1.54, 1.807) is 0 Å². The standard InChI is InChI=1S/C12H18F3NO3/c13-12(14,15)6-9(17)16-8-11(7-10(18)19)4-2-1-3-5-11/h1-8H2,(H,16,17)(H,18,19). The second kappa shape index (κ2) is 6.25. The van der Waals surface area contributed by atoms with Crippen LogP contribution >= 0.6 is 0 Å². The Morgan fingerprint density at radius 3 is 2.21 bits per heavy atom. The van der Waals surface area contributed by atoms with Crippen molar-refractivity contribution in [3.8, 4) is 0 Å². The van der Waals surface area contributed by atoms with Crippen LogP contribution in [0.4, 0.5) is 13.2 Å². The maximum absolute atomic E-state index is 12.0. The zero-order valence-electron chi connectivity index (χ0n) is 10.6. The molecule has 0 bridgehead atoms. The highest BCUT2D eigenvalue weighted by atomic mass is 19.4. The molecule has 110 valence electrons. The fourth-order valence-electron chi connectivity index (χ4n) is 2.57. The Hall–Kier alpha value is -1.27. The number of alkyl halides is 3. The van der Waals surface area contributed by atoms with E-state index in [1.165, 1.54) is 0 Å². The summed E-state index contributed by atoms with van der Waals surface area (Å²) >= 11 is 0. The SMILES string of the molecule is O=C(O)CC1(CNC(=O)CC(F)(F)F)CCCCC1. The lowest BCUT2D eigenvalue weighted by molar-refractivity contribution is -0.155. The first kappa shape index (κ1) is 15.8. The van der Waals surface area contributed by atoms with Gasteiger partial charge in [0.05, 0.1) is 6.42 Å². The van der Waals surface area contributed by atoms with Crippen LogP contribution in [0.15, 0.2) is 0 Å². The van der Waals surface area contributed by atoms with Gasteiger partial charge in [0.2, 0.25) is 5.91 Å². The number of rotatable bonds is 5. The number of hydrogen-bond acceptors (Lipinski definition) is 2. The van der Waals surface area contributed by atoms with Gasteiger partial charge in [0.1, 0.15) is 6.42 Å². The number of amides is 1. The van der Waals surface area contributed by atoms with Gasteiger partial charge in [-0.1, -0.05) is 19.3 Å². The Bertz CT molecular complexity index is 336. The molecular weight excluding hydrogens is 263 g/mol. The first-order chi connectivity index (χ1) is 8.72. The van der Waals surface area contributed by atoms with Crippen molar-refractivity contribution in [2.75, 3.05) is 6.54 Å². The molecule has 1 rings (SSSR count). The first-order valence-corrected chi connectivity index (χ1v) is 6.28. The van der Waals surface area contributed by atoms with Gasteiger partial charge in [-0.15, -0.1) is 0 Å². The molecule has 0 aromatic rings. The van der Waals surface area contributed by atoms with E-state index in [4.69, 9.17) is 5.11 Å². The van der Waals surface area contributed by atoms with Crippen LogP contribution in [0.3, 0.4) is 0 Å². The highest BCUT2D eigenvalue weighted by Crippen LogP contribution is 2.38. The van der Waals surface area contributed by atoms with Crippen LogP contribution in [0.1, 0.15) is 44.9 Å². The number of carbonyl (C=O) groups is 2. The summed E-state index contributed by atoms with van der Waals surface area (Å²) in [6, 6.07) is 0. The van der Waals surface area contributed by atoms with Crippen LogP contribution in [0.2, 0.25) is 0 Å². The molecule has 0 aliphatic heterocycles. The lowest BCUT2D eigenvalue weighted by Gasteiger charge is -2.36. The van der Waals surface area contributed by atoms with Crippen LogP contribution in [-0.2, 0) is 9.59 Å².